The van der Waals surface area contributed by atoms with Crippen LogP contribution in [0.4, 0.5) is 8.78 Å². The van der Waals surface area contributed by atoms with Crippen LogP contribution in [0.15, 0.2) is 41.7 Å². The summed E-state index contributed by atoms with van der Waals surface area (Å²) in [6.07, 6.45) is 0.483. The van der Waals surface area contributed by atoms with E-state index in [2.05, 4.69) is 0 Å². The van der Waals surface area contributed by atoms with Gasteiger partial charge in [0.1, 0.15) is 5.76 Å². The number of allylic oxidation sites excluding steroid dienone is 4. The Hall–Kier alpha value is -1.64. The number of benzene rings is 1. The zero-order valence-corrected chi connectivity index (χ0v) is 8.93. The molecule has 1 aromatic rings. The number of aliphatic hydroxyl groups is 1. The third kappa shape index (κ3) is 1.85. The van der Waals surface area contributed by atoms with Gasteiger partial charge in [-0.25, -0.2) is 8.78 Å². The van der Waals surface area contributed by atoms with Gasteiger partial charge in [0.2, 0.25) is 0 Å². The Kier molecular flexibility index (Phi) is 2.77. The van der Waals surface area contributed by atoms with Crippen molar-refractivity contribution in [1.29, 1.82) is 0 Å². The van der Waals surface area contributed by atoms with Gasteiger partial charge in [0, 0.05) is 6.42 Å². The molecule has 1 aromatic carbocycles. The van der Waals surface area contributed by atoms with Gasteiger partial charge in [-0.15, -0.1) is 0 Å². The molecule has 0 aromatic heterocycles. The summed E-state index contributed by atoms with van der Waals surface area (Å²) >= 11 is 0. The van der Waals surface area contributed by atoms with Crippen LogP contribution in [-0.4, -0.2) is 5.11 Å². The lowest BCUT2D eigenvalue weighted by Gasteiger charge is -2.15. The smallest absolute Gasteiger partial charge is 0.196 e. The first-order valence-corrected chi connectivity index (χ1v) is 5.13. The van der Waals surface area contributed by atoms with Crippen molar-refractivity contribution in [3.63, 3.8) is 0 Å². The first kappa shape index (κ1) is 10.9. The van der Waals surface area contributed by atoms with Gasteiger partial charge in [-0.2, -0.15) is 0 Å². The van der Waals surface area contributed by atoms with E-state index < -0.39 is 17.4 Å². The van der Waals surface area contributed by atoms with Crippen LogP contribution in [0, 0.1) is 6.92 Å². The van der Waals surface area contributed by atoms with Crippen molar-refractivity contribution in [2.75, 3.05) is 0 Å². The van der Waals surface area contributed by atoms with Gasteiger partial charge in [0.15, 0.2) is 11.7 Å². The number of hydrogen-bond donors (Lipinski definition) is 1. The largest absolute Gasteiger partial charge is 0.509 e. The molecule has 0 unspecified atom stereocenters. The summed E-state index contributed by atoms with van der Waals surface area (Å²) in [4.78, 5) is 0. The monoisotopic (exact) mass is 222 g/mol. The van der Waals surface area contributed by atoms with Crippen molar-refractivity contribution < 1.29 is 13.9 Å². The van der Waals surface area contributed by atoms with E-state index in [-0.39, 0.29) is 6.42 Å². The maximum atomic E-state index is 13.6. The Morgan fingerprint density at radius 1 is 1.00 bits per heavy atom. The minimum Gasteiger partial charge on any atom is -0.509 e. The topological polar surface area (TPSA) is 20.2 Å². The highest BCUT2D eigenvalue weighted by Crippen LogP contribution is 2.36. The summed E-state index contributed by atoms with van der Waals surface area (Å²) < 4.78 is 26.7. The van der Waals surface area contributed by atoms with Crippen molar-refractivity contribution in [2.45, 2.75) is 19.8 Å². The first-order chi connectivity index (χ1) is 7.59. The van der Waals surface area contributed by atoms with E-state index >= 15 is 0 Å². The fourth-order valence-corrected chi connectivity index (χ4v) is 1.75. The molecule has 0 saturated carbocycles. The second-order valence-corrected chi connectivity index (χ2v) is 3.92. The standard InChI is InChI=1S/C13H12F2O/c1-8-2-4-9(5-3-8)10-6-7-11(16)13(15)12(10)14/h2-5,16H,6-7H2,1H3. The van der Waals surface area contributed by atoms with Gasteiger partial charge in [-0.3, -0.25) is 0 Å². The number of aryl methyl sites for hydroxylation is 1. The van der Waals surface area contributed by atoms with E-state index in [4.69, 9.17) is 5.11 Å². The van der Waals surface area contributed by atoms with Crippen LogP contribution in [-0.2, 0) is 0 Å². The van der Waals surface area contributed by atoms with Gasteiger partial charge in [0.05, 0.1) is 0 Å². The highest BCUT2D eigenvalue weighted by Gasteiger charge is 2.22. The van der Waals surface area contributed by atoms with Crippen molar-refractivity contribution >= 4 is 5.57 Å². The fraction of sp³-hybridized carbons (Fsp3) is 0.231. The van der Waals surface area contributed by atoms with Crippen LogP contribution in [0.5, 0.6) is 0 Å². The summed E-state index contributed by atoms with van der Waals surface area (Å²) in [5.74, 6) is -2.55. The van der Waals surface area contributed by atoms with E-state index in [9.17, 15) is 8.78 Å². The molecule has 84 valence electrons. The van der Waals surface area contributed by atoms with Crippen molar-refractivity contribution in [2.24, 2.45) is 0 Å². The maximum Gasteiger partial charge on any atom is 0.196 e. The van der Waals surface area contributed by atoms with Gasteiger partial charge in [-0.1, -0.05) is 29.8 Å². The van der Waals surface area contributed by atoms with E-state index in [1.807, 2.05) is 19.1 Å². The normalized spacial score (nSPS) is 16.9. The lowest BCUT2D eigenvalue weighted by Crippen LogP contribution is -2.00. The fourth-order valence-electron chi connectivity index (χ4n) is 1.75. The maximum absolute atomic E-state index is 13.6. The summed E-state index contributed by atoms with van der Waals surface area (Å²) in [7, 11) is 0. The summed E-state index contributed by atoms with van der Waals surface area (Å²) in [5.41, 5.74) is 2.07. The van der Waals surface area contributed by atoms with Gasteiger partial charge < -0.3 is 5.11 Å². The molecule has 1 N–H and O–H groups in total. The van der Waals surface area contributed by atoms with Crippen LogP contribution >= 0.6 is 0 Å². The average molecular weight is 222 g/mol. The second kappa shape index (κ2) is 4.08. The molecule has 0 heterocycles. The molecule has 1 aliphatic carbocycles. The molecule has 0 aliphatic heterocycles. The molecular weight excluding hydrogens is 210 g/mol. The molecule has 0 radical (unpaired) electrons. The second-order valence-electron chi connectivity index (χ2n) is 3.92. The summed E-state index contributed by atoms with van der Waals surface area (Å²) in [6, 6.07) is 7.23. The lowest BCUT2D eigenvalue weighted by molar-refractivity contribution is 0.349. The molecule has 1 aliphatic rings. The van der Waals surface area contributed by atoms with E-state index in [0.717, 1.165) is 5.56 Å². The summed E-state index contributed by atoms with van der Waals surface area (Å²) in [5, 5.41) is 9.09. The molecule has 0 bridgehead atoms. The highest BCUT2D eigenvalue weighted by molar-refractivity contribution is 5.71. The zero-order valence-electron chi connectivity index (χ0n) is 8.93. The van der Waals surface area contributed by atoms with Gasteiger partial charge in [0.25, 0.3) is 0 Å². The predicted octanol–water partition coefficient (Wildman–Crippen LogP) is 4.21. The molecule has 0 amide bonds. The number of halogens is 2. The minimum atomic E-state index is -1.12. The average Bonchev–Trinajstić information content (AvgIpc) is 2.28. The van der Waals surface area contributed by atoms with Crippen LogP contribution in [0.3, 0.4) is 0 Å². The lowest BCUT2D eigenvalue weighted by atomic mass is 9.94. The van der Waals surface area contributed by atoms with E-state index in [1.54, 1.807) is 12.1 Å². The van der Waals surface area contributed by atoms with Crippen LogP contribution < -0.4 is 0 Å². The van der Waals surface area contributed by atoms with Crippen LogP contribution in [0.2, 0.25) is 0 Å². The molecule has 1 nitrogen and oxygen atoms in total. The van der Waals surface area contributed by atoms with Gasteiger partial charge >= 0.3 is 0 Å². The van der Waals surface area contributed by atoms with E-state index in [1.165, 1.54) is 0 Å². The molecule has 3 heteroatoms. The third-order valence-electron chi connectivity index (χ3n) is 2.72. The Balaban J connectivity index is 2.45. The van der Waals surface area contributed by atoms with Gasteiger partial charge in [-0.05, 0) is 24.5 Å². The predicted molar refractivity (Wildman–Crippen MR) is 59.2 cm³/mol. The molecule has 0 fully saturated rings. The molecule has 0 saturated heterocycles. The molecular formula is C13H12F2O. The Morgan fingerprint density at radius 3 is 2.25 bits per heavy atom. The molecule has 0 spiro atoms. The quantitative estimate of drug-likeness (QED) is 0.754. The molecule has 16 heavy (non-hydrogen) atoms. The van der Waals surface area contributed by atoms with E-state index in [0.29, 0.717) is 17.6 Å². The third-order valence-corrected chi connectivity index (χ3v) is 2.72. The number of aliphatic hydroxyl groups excluding tert-OH is 1. The Labute approximate surface area is 92.7 Å². The molecule has 0 atom stereocenters. The highest BCUT2D eigenvalue weighted by atomic mass is 19.2. The SMILES string of the molecule is Cc1ccc(C2=C(F)C(F)=C(O)CC2)cc1. The van der Waals surface area contributed by atoms with Crippen molar-refractivity contribution in [1.82, 2.24) is 0 Å². The van der Waals surface area contributed by atoms with Crippen molar-refractivity contribution in [3.05, 3.63) is 52.8 Å². The first-order valence-electron chi connectivity index (χ1n) is 5.13. The number of rotatable bonds is 1. The summed E-state index contributed by atoms with van der Waals surface area (Å²) in [6.45, 7) is 1.93. The zero-order chi connectivity index (χ0) is 11.7. The van der Waals surface area contributed by atoms with Crippen LogP contribution in [0.1, 0.15) is 24.0 Å². The Bertz CT molecular complexity index is 469. The van der Waals surface area contributed by atoms with Crippen molar-refractivity contribution in [3.8, 4) is 0 Å². The number of hydrogen-bond acceptors (Lipinski definition) is 1. The minimum absolute atomic E-state index is 0.155. The Morgan fingerprint density at radius 2 is 1.62 bits per heavy atom. The molecule has 2 rings (SSSR count). The van der Waals surface area contributed by atoms with Crippen LogP contribution in [0.25, 0.3) is 5.57 Å².